The topological polar surface area (TPSA) is 35.2 Å². The second-order valence-electron chi connectivity index (χ2n) is 4.36. The van der Waals surface area contributed by atoms with Gasteiger partial charge in [0.1, 0.15) is 0 Å². The third kappa shape index (κ3) is 2.42. The highest BCUT2D eigenvalue weighted by Gasteiger charge is 2.36. The molecule has 1 aliphatic heterocycles. The molecule has 0 aliphatic carbocycles. The van der Waals surface area contributed by atoms with Crippen molar-refractivity contribution in [3.8, 4) is 0 Å². The van der Waals surface area contributed by atoms with Gasteiger partial charge in [0.2, 0.25) is 0 Å². The van der Waals surface area contributed by atoms with E-state index in [0.717, 1.165) is 18.4 Å². The van der Waals surface area contributed by atoms with Gasteiger partial charge in [-0.3, -0.25) is 0 Å². The lowest BCUT2D eigenvalue weighted by Crippen LogP contribution is -2.19. The van der Waals surface area contributed by atoms with Gasteiger partial charge in [0.05, 0.1) is 13.2 Å². The van der Waals surface area contributed by atoms with E-state index in [0.29, 0.717) is 19.6 Å². The van der Waals surface area contributed by atoms with E-state index in [1.165, 1.54) is 5.56 Å². The fourth-order valence-electron chi connectivity index (χ4n) is 2.04. The Kier molecular flexibility index (Phi) is 3.56. The van der Waals surface area contributed by atoms with Gasteiger partial charge in [-0.05, 0) is 30.5 Å². The molecule has 1 heterocycles. The molecule has 1 fully saturated rings. The minimum absolute atomic E-state index is 0.190. The predicted molar refractivity (Wildman–Crippen MR) is 62.0 cm³/mol. The van der Waals surface area contributed by atoms with Crippen molar-refractivity contribution in [2.45, 2.75) is 24.9 Å². The lowest BCUT2D eigenvalue weighted by Gasteiger charge is -2.17. The van der Waals surface area contributed by atoms with Crippen molar-refractivity contribution in [2.75, 3.05) is 19.8 Å². The largest absolute Gasteiger partial charge is 0.378 e. The maximum Gasteiger partial charge on any atom is 0.161 e. The van der Waals surface area contributed by atoms with Crippen molar-refractivity contribution in [1.29, 1.82) is 0 Å². The molecule has 0 aromatic heterocycles. The van der Waals surface area contributed by atoms with E-state index in [1.54, 1.807) is 0 Å². The van der Waals surface area contributed by atoms with Gasteiger partial charge in [-0.15, -0.1) is 0 Å². The third-order valence-corrected chi connectivity index (χ3v) is 3.11. The molecule has 2 nitrogen and oxygen atoms in total. The van der Waals surface area contributed by atoms with Crippen LogP contribution in [0.5, 0.6) is 0 Å². The number of hydrogen-bond acceptors (Lipinski definition) is 2. The van der Waals surface area contributed by atoms with Gasteiger partial charge in [0.25, 0.3) is 0 Å². The average Bonchev–Trinajstić information content (AvgIpc) is 2.75. The molecule has 2 N–H and O–H groups in total. The summed E-state index contributed by atoms with van der Waals surface area (Å²) in [6.45, 7) is 1.41. The highest BCUT2D eigenvalue weighted by atomic mass is 19.1. The molecular formula is C13H18FNO. The number of halogens is 1. The Balaban J connectivity index is 2.06. The van der Waals surface area contributed by atoms with Crippen molar-refractivity contribution in [2.24, 2.45) is 5.73 Å². The molecule has 0 radical (unpaired) electrons. The molecule has 1 unspecified atom stereocenters. The Labute approximate surface area is 95.6 Å². The van der Waals surface area contributed by atoms with Crippen molar-refractivity contribution in [3.05, 3.63) is 35.4 Å². The van der Waals surface area contributed by atoms with E-state index < -0.39 is 5.67 Å². The molecule has 0 saturated carbocycles. The van der Waals surface area contributed by atoms with Crippen LogP contribution in [0.25, 0.3) is 0 Å². The smallest absolute Gasteiger partial charge is 0.161 e. The van der Waals surface area contributed by atoms with Crippen LogP contribution in [-0.2, 0) is 16.8 Å². The van der Waals surface area contributed by atoms with Gasteiger partial charge < -0.3 is 10.5 Å². The molecule has 0 amide bonds. The molecule has 1 aromatic rings. The molecule has 0 spiro atoms. The predicted octanol–water partition coefficient (Wildman–Crippen LogP) is 2.16. The second kappa shape index (κ2) is 4.93. The van der Waals surface area contributed by atoms with Crippen LogP contribution in [-0.4, -0.2) is 19.8 Å². The van der Waals surface area contributed by atoms with Crippen LogP contribution >= 0.6 is 0 Å². The molecule has 1 saturated heterocycles. The molecule has 88 valence electrons. The SMILES string of the molecule is NCCCc1ccc(C2(F)CCOC2)cc1. The van der Waals surface area contributed by atoms with E-state index in [9.17, 15) is 4.39 Å². The van der Waals surface area contributed by atoms with Gasteiger partial charge in [-0.25, -0.2) is 4.39 Å². The first-order valence-corrected chi connectivity index (χ1v) is 5.81. The summed E-state index contributed by atoms with van der Waals surface area (Å²) in [6, 6.07) is 7.73. The minimum Gasteiger partial charge on any atom is -0.378 e. The summed E-state index contributed by atoms with van der Waals surface area (Å²) in [5, 5.41) is 0. The Morgan fingerprint density at radius 3 is 2.62 bits per heavy atom. The number of benzene rings is 1. The van der Waals surface area contributed by atoms with Crippen LogP contribution in [0.2, 0.25) is 0 Å². The van der Waals surface area contributed by atoms with E-state index in [-0.39, 0.29) is 6.61 Å². The lowest BCUT2D eigenvalue weighted by molar-refractivity contribution is 0.112. The summed E-state index contributed by atoms with van der Waals surface area (Å²) < 4.78 is 19.4. The number of alkyl halides is 1. The first-order chi connectivity index (χ1) is 7.74. The van der Waals surface area contributed by atoms with Crippen LogP contribution in [0, 0.1) is 0 Å². The van der Waals surface area contributed by atoms with Gasteiger partial charge in [-0.1, -0.05) is 24.3 Å². The zero-order chi connectivity index (χ0) is 11.4. The molecule has 16 heavy (non-hydrogen) atoms. The van der Waals surface area contributed by atoms with Crippen LogP contribution in [0.15, 0.2) is 24.3 Å². The van der Waals surface area contributed by atoms with E-state index >= 15 is 0 Å². The molecule has 1 aliphatic rings. The fourth-order valence-corrected chi connectivity index (χ4v) is 2.04. The summed E-state index contributed by atoms with van der Waals surface area (Å²) >= 11 is 0. The monoisotopic (exact) mass is 223 g/mol. The Bertz CT molecular complexity index is 330. The third-order valence-electron chi connectivity index (χ3n) is 3.11. The van der Waals surface area contributed by atoms with Crippen molar-refractivity contribution in [1.82, 2.24) is 0 Å². The van der Waals surface area contributed by atoms with Crippen molar-refractivity contribution >= 4 is 0 Å². The summed E-state index contributed by atoms with van der Waals surface area (Å²) in [5.41, 5.74) is 6.14. The normalized spacial score (nSPS) is 24.9. The van der Waals surface area contributed by atoms with E-state index in [4.69, 9.17) is 10.5 Å². The van der Waals surface area contributed by atoms with E-state index in [2.05, 4.69) is 0 Å². The highest BCUT2D eigenvalue weighted by molar-refractivity contribution is 5.28. The zero-order valence-corrected chi connectivity index (χ0v) is 9.42. The first-order valence-electron chi connectivity index (χ1n) is 5.81. The molecule has 3 heteroatoms. The first kappa shape index (κ1) is 11.6. The average molecular weight is 223 g/mol. The zero-order valence-electron chi connectivity index (χ0n) is 9.42. The molecular weight excluding hydrogens is 205 g/mol. The van der Waals surface area contributed by atoms with Crippen molar-refractivity contribution in [3.63, 3.8) is 0 Å². The van der Waals surface area contributed by atoms with Gasteiger partial charge in [-0.2, -0.15) is 0 Å². The van der Waals surface area contributed by atoms with Gasteiger partial charge in [0, 0.05) is 6.42 Å². The van der Waals surface area contributed by atoms with Gasteiger partial charge in [0.15, 0.2) is 5.67 Å². The standard InChI is InChI=1S/C13H18FNO/c14-13(7-9-16-10-13)12-5-3-11(4-6-12)2-1-8-15/h3-6H,1-2,7-10,15H2. The number of hydrogen-bond donors (Lipinski definition) is 1. The quantitative estimate of drug-likeness (QED) is 0.849. The van der Waals surface area contributed by atoms with Crippen LogP contribution in [0.3, 0.4) is 0 Å². The molecule has 1 atom stereocenters. The Morgan fingerprint density at radius 2 is 2.06 bits per heavy atom. The fraction of sp³-hybridized carbons (Fsp3) is 0.538. The number of rotatable bonds is 4. The second-order valence-corrected chi connectivity index (χ2v) is 4.36. The Morgan fingerprint density at radius 1 is 1.31 bits per heavy atom. The molecule has 1 aromatic carbocycles. The maximum atomic E-state index is 14.3. The summed E-state index contributed by atoms with van der Waals surface area (Å²) in [5.74, 6) is 0. The number of aryl methyl sites for hydroxylation is 1. The summed E-state index contributed by atoms with van der Waals surface area (Å²) in [7, 11) is 0. The van der Waals surface area contributed by atoms with E-state index in [1.807, 2.05) is 24.3 Å². The Hall–Kier alpha value is -0.930. The minimum atomic E-state index is -1.27. The van der Waals surface area contributed by atoms with Crippen LogP contribution < -0.4 is 5.73 Å². The molecule has 2 rings (SSSR count). The van der Waals surface area contributed by atoms with Gasteiger partial charge >= 0.3 is 0 Å². The lowest BCUT2D eigenvalue weighted by atomic mass is 9.94. The summed E-state index contributed by atoms with van der Waals surface area (Å²) in [6.07, 6.45) is 2.41. The van der Waals surface area contributed by atoms with Crippen molar-refractivity contribution < 1.29 is 9.13 Å². The molecule has 0 bridgehead atoms. The summed E-state index contributed by atoms with van der Waals surface area (Å²) in [4.78, 5) is 0. The number of nitrogens with two attached hydrogens (primary N) is 1. The van der Waals surface area contributed by atoms with Crippen LogP contribution in [0.4, 0.5) is 4.39 Å². The van der Waals surface area contributed by atoms with Crippen LogP contribution in [0.1, 0.15) is 24.0 Å². The maximum absolute atomic E-state index is 14.3. The number of ether oxygens (including phenoxy) is 1. The highest BCUT2D eigenvalue weighted by Crippen LogP contribution is 2.34.